The normalized spacial score (nSPS) is 28.0. The van der Waals surface area contributed by atoms with Crippen LogP contribution in [0.4, 0.5) is 0 Å². The van der Waals surface area contributed by atoms with Gasteiger partial charge in [0.1, 0.15) is 11.4 Å². The molecule has 1 fully saturated rings. The van der Waals surface area contributed by atoms with Gasteiger partial charge in [0.05, 0.1) is 0 Å². The minimum absolute atomic E-state index is 0.0556. The molecule has 2 N–H and O–H groups in total. The van der Waals surface area contributed by atoms with Crippen molar-refractivity contribution < 1.29 is 4.79 Å². The highest BCUT2D eigenvalue weighted by molar-refractivity contribution is 6.46. The molecule has 2 aliphatic heterocycles. The Morgan fingerprint density at radius 1 is 1.24 bits per heavy atom. The third-order valence-electron chi connectivity index (χ3n) is 3.30. The zero-order chi connectivity index (χ0) is 11.7. The lowest BCUT2D eigenvalue weighted by molar-refractivity contribution is -0.115. The molecule has 1 amide bonds. The van der Waals surface area contributed by atoms with Crippen molar-refractivity contribution in [3.63, 3.8) is 0 Å². The highest BCUT2D eigenvalue weighted by Crippen LogP contribution is 2.23. The Morgan fingerprint density at radius 2 is 2.06 bits per heavy atom. The minimum atomic E-state index is -0.402. The topological polar surface area (TPSA) is 53.5 Å². The van der Waals surface area contributed by atoms with E-state index in [1.807, 2.05) is 30.3 Å². The second-order valence-electron chi connectivity index (χ2n) is 4.59. The summed E-state index contributed by atoms with van der Waals surface area (Å²) in [5.74, 6) is -0.0556. The summed E-state index contributed by atoms with van der Waals surface area (Å²) in [6.45, 7) is 1.74. The van der Waals surface area contributed by atoms with Crippen molar-refractivity contribution in [3.05, 3.63) is 35.9 Å². The van der Waals surface area contributed by atoms with Crippen LogP contribution in [0.15, 0.2) is 35.3 Å². The smallest absolute Gasteiger partial charge is 0.272 e. The summed E-state index contributed by atoms with van der Waals surface area (Å²) in [6.07, 6.45) is 1.97. The van der Waals surface area contributed by atoms with Gasteiger partial charge in [-0.3, -0.25) is 4.79 Å². The van der Waals surface area contributed by atoms with Crippen LogP contribution in [0.3, 0.4) is 0 Å². The van der Waals surface area contributed by atoms with E-state index >= 15 is 0 Å². The van der Waals surface area contributed by atoms with Crippen molar-refractivity contribution >= 4 is 11.6 Å². The second-order valence-corrected chi connectivity index (χ2v) is 4.59. The Kier molecular flexibility index (Phi) is 2.44. The lowest BCUT2D eigenvalue weighted by Gasteiger charge is -2.30. The quantitative estimate of drug-likeness (QED) is 0.744. The molecule has 17 heavy (non-hydrogen) atoms. The molecule has 1 aromatic carbocycles. The van der Waals surface area contributed by atoms with Crippen LogP contribution in [0.2, 0.25) is 0 Å². The van der Waals surface area contributed by atoms with Gasteiger partial charge in [-0.05, 0) is 19.4 Å². The number of hydrogen-bond acceptors (Lipinski definition) is 3. The molecular weight excluding hydrogens is 214 g/mol. The first-order chi connectivity index (χ1) is 8.29. The fraction of sp³-hybridized carbons (Fsp3) is 0.385. The van der Waals surface area contributed by atoms with E-state index in [2.05, 4.69) is 15.6 Å². The van der Waals surface area contributed by atoms with E-state index in [-0.39, 0.29) is 5.91 Å². The predicted molar refractivity (Wildman–Crippen MR) is 66.0 cm³/mol. The van der Waals surface area contributed by atoms with Crippen molar-refractivity contribution in [2.24, 2.45) is 4.99 Å². The Morgan fingerprint density at radius 3 is 2.76 bits per heavy atom. The van der Waals surface area contributed by atoms with Crippen LogP contribution in [0.1, 0.15) is 18.4 Å². The Bertz CT molecular complexity index is 461. The molecule has 4 nitrogen and oxygen atoms in total. The molecule has 0 saturated carbocycles. The molecule has 0 aromatic heterocycles. The molecule has 0 bridgehead atoms. The van der Waals surface area contributed by atoms with Crippen LogP contribution in [0.25, 0.3) is 0 Å². The van der Waals surface area contributed by atoms with E-state index in [0.717, 1.165) is 31.5 Å². The standard InChI is InChI=1S/C13H15N3O/c17-12-11(10-5-2-1-3-6-10)15-13(16-12)7-4-8-14-9-13/h1-3,5-6,14H,4,7-9H2,(H,16,17)/t13-/m0/s1. The number of nitrogens with zero attached hydrogens (tertiary/aromatic N) is 1. The minimum Gasteiger partial charge on any atom is -0.325 e. The van der Waals surface area contributed by atoms with E-state index in [1.54, 1.807) is 0 Å². The Labute approximate surface area is 100 Å². The molecule has 1 atom stereocenters. The summed E-state index contributed by atoms with van der Waals surface area (Å²) in [6, 6.07) is 9.64. The first-order valence-corrected chi connectivity index (χ1v) is 5.98. The molecular formula is C13H15N3O. The highest BCUT2D eigenvalue weighted by Gasteiger charge is 2.40. The SMILES string of the molecule is O=C1N[C@]2(CCCNC2)N=C1c1ccccc1. The van der Waals surface area contributed by atoms with Crippen molar-refractivity contribution in [2.75, 3.05) is 13.1 Å². The molecule has 0 unspecified atom stereocenters. The van der Waals surface area contributed by atoms with Gasteiger partial charge >= 0.3 is 0 Å². The molecule has 1 aromatic rings. The van der Waals surface area contributed by atoms with Gasteiger partial charge in [-0.1, -0.05) is 30.3 Å². The molecule has 2 aliphatic rings. The van der Waals surface area contributed by atoms with Gasteiger partial charge in [0, 0.05) is 12.1 Å². The number of benzene rings is 1. The third-order valence-corrected chi connectivity index (χ3v) is 3.30. The lowest BCUT2D eigenvalue weighted by atomic mass is 10.0. The van der Waals surface area contributed by atoms with E-state index in [0.29, 0.717) is 5.71 Å². The molecule has 4 heteroatoms. The fourth-order valence-electron chi connectivity index (χ4n) is 2.45. The summed E-state index contributed by atoms with van der Waals surface area (Å²) >= 11 is 0. The molecule has 0 radical (unpaired) electrons. The molecule has 2 heterocycles. The van der Waals surface area contributed by atoms with Crippen LogP contribution in [-0.2, 0) is 4.79 Å². The van der Waals surface area contributed by atoms with Crippen molar-refractivity contribution in [1.29, 1.82) is 0 Å². The van der Waals surface area contributed by atoms with Gasteiger partial charge in [-0.15, -0.1) is 0 Å². The van der Waals surface area contributed by atoms with E-state index in [9.17, 15) is 4.79 Å². The van der Waals surface area contributed by atoms with E-state index in [4.69, 9.17) is 0 Å². The maximum absolute atomic E-state index is 12.0. The van der Waals surface area contributed by atoms with E-state index < -0.39 is 5.66 Å². The summed E-state index contributed by atoms with van der Waals surface area (Å²) < 4.78 is 0. The van der Waals surface area contributed by atoms with Crippen LogP contribution in [0, 0.1) is 0 Å². The molecule has 3 rings (SSSR count). The zero-order valence-electron chi connectivity index (χ0n) is 9.57. The Balaban J connectivity index is 1.94. The van der Waals surface area contributed by atoms with Gasteiger partial charge in [-0.2, -0.15) is 0 Å². The van der Waals surface area contributed by atoms with Crippen LogP contribution in [-0.4, -0.2) is 30.4 Å². The van der Waals surface area contributed by atoms with Crippen LogP contribution >= 0.6 is 0 Å². The zero-order valence-corrected chi connectivity index (χ0v) is 9.57. The Hall–Kier alpha value is -1.68. The monoisotopic (exact) mass is 229 g/mol. The summed E-state index contributed by atoms with van der Waals surface area (Å²) in [5.41, 5.74) is 1.06. The highest BCUT2D eigenvalue weighted by atomic mass is 16.2. The first kappa shape index (κ1) is 10.5. The number of amides is 1. The summed E-state index contributed by atoms with van der Waals surface area (Å²) in [7, 11) is 0. The average molecular weight is 229 g/mol. The van der Waals surface area contributed by atoms with Gasteiger partial charge in [0.25, 0.3) is 5.91 Å². The number of nitrogens with one attached hydrogen (secondary N) is 2. The number of carbonyl (C=O) groups is 1. The van der Waals surface area contributed by atoms with Crippen LogP contribution in [0.5, 0.6) is 0 Å². The van der Waals surface area contributed by atoms with Crippen molar-refractivity contribution in [2.45, 2.75) is 18.5 Å². The van der Waals surface area contributed by atoms with Gasteiger partial charge in [0.15, 0.2) is 0 Å². The number of aliphatic imine (C=N–C) groups is 1. The number of hydrogen-bond donors (Lipinski definition) is 2. The summed E-state index contributed by atoms with van der Waals surface area (Å²) in [5, 5.41) is 6.30. The predicted octanol–water partition coefficient (Wildman–Crippen LogP) is 0.685. The number of piperidine rings is 1. The van der Waals surface area contributed by atoms with Gasteiger partial charge < -0.3 is 10.6 Å². The van der Waals surface area contributed by atoms with Gasteiger partial charge in [0.2, 0.25) is 0 Å². The van der Waals surface area contributed by atoms with E-state index in [1.165, 1.54) is 0 Å². The lowest BCUT2D eigenvalue weighted by Crippen LogP contribution is -2.53. The maximum atomic E-state index is 12.0. The molecule has 0 aliphatic carbocycles. The average Bonchev–Trinajstić information content (AvgIpc) is 2.68. The molecule has 1 spiro atoms. The largest absolute Gasteiger partial charge is 0.325 e. The fourth-order valence-corrected chi connectivity index (χ4v) is 2.45. The second kappa shape index (κ2) is 3.96. The molecule has 88 valence electrons. The van der Waals surface area contributed by atoms with Crippen LogP contribution < -0.4 is 10.6 Å². The molecule has 1 saturated heterocycles. The van der Waals surface area contributed by atoms with Gasteiger partial charge in [-0.25, -0.2) is 4.99 Å². The number of rotatable bonds is 1. The van der Waals surface area contributed by atoms with Crippen molar-refractivity contribution in [1.82, 2.24) is 10.6 Å². The van der Waals surface area contributed by atoms with Crippen molar-refractivity contribution in [3.8, 4) is 0 Å². The first-order valence-electron chi connectivity index (χ1n) is 5.98. The summed E-state index contributed by atoms with van der Waals surface area (Å²) in [4.78, 5) is 16.6. The maximum Gasteiger partial charge on any atom is 0.272 e. The third kappa shape index (κ3) is 1.85. The number of carbonyl (C=O) groups excluding carboxylic acids is 1.